The Bertz CT molecular complexity index is 780. The van der Waals surface area contributed by atoms with Gasteiger partial charge in [0.05, 0.1) is 6.54 Å². The van der Waals surface area contributed by atoms with Gasteiger partial charge in [0, 0.05) is 24.0 Å². The molecule has 3 aromatic carbocycles. The van der Waals surface area contributed by atoms with E-state index in [0.717, 1.165) is 19.4 Å². The molecule has 0 saturated heterocycles. The Morgan fingerprint density at radius 2 is 1.17 bits per heavy atom. The summed E-state index contributed by atoms with van der Waals surface area (Å²) in [5.41, 5.74) is 5.35. The molecule has 4 rings (SSSR count). The fourth-order valence-electron chi connectivity index (χ4n) is 3.72. The number of aliphatic imine (C=N–C) groups is 1. The highest BCUT2D eigenvalue weighted by atomic mass is 14.8. The van der Waals surface area contributed by atoms with Crippen LogP contribution in [0.1, 0.15) is 23.1 Å². The third kappa shape index (κ3) is 2.78. The molecule has 1 heterocycles. The molecule has 0 amide bonds. The van der Waals surface area contributed by atoms with Crippen LogP contribution in [0.3, 0.4) is 0 Å². The van der Waals surface area contributed by atoms with Crippen molar-refractivity contribution in [2.45, 2.75) is 18.3 Å². The summed E-state index contributed by atoms with van der Waals surface area (Å²) in [6.07, 6.45) is 1.94. The Balaban J connectivity index is 1.68. The molecule has 118 valence electrons. The zero-order valence-corrected chi connectivity index (χ0v) is 13.7. The molecule has 1 aliphatic heterocycles. The normalized spacial score (nSPS) is 15.9. The molecule has 1 heteroatoms. The van der Waals surface area contributed by atoms with E-state index in [4.69, 9.17) is 4.99 Å². The van der Waals surface area contributed by atoms with Crippen molar-refractivity contribution in [1.82, 2.24) is 0 Å². The molecular weight excluding hydrogens is 290 g/mol. The number of hydrogen-bond donors (Lipinski definition) is 0. The average Bonchev–Trinajstić information content (AvgIpc) is 3.09. The molecular formula is C23H21N. The molecule has 0 radical (unpaired) electrons. The largest absolute Gasteiger partial charge is 0.292 e. The van der Waals surface area contributed by atoms with Crippen LogP contribution in [0.2, 0.25) is 0 Å². The molecule has 1 aliphatic rings. The maximum atomic E-state index is 4.95. The van der Waals surface area contributed by atoms with Crippen LogP contribution in [0.4, 0.5) is 0 Å². The van der Waals surface area contributed by atoms with E-state index in [2.05, 4.69) is 91.0 Å². The second kappa shape index (κ2) is 6.45. The SMILES string of the molecule is c1ccc(CC2=NCC(c3ccccc3)(c3ccccc3)C2)cc1. The van der Waals surface area contributed by atoms with Crippen molar-refractivity contribution in [3.8, 4) is 0 Å². The van der Waals surface area contributed by atoms with E-state index in [1.807, 2.05) is 0 Å². The van der Waals surface area contributed by atoms with Gasteiger partial charge in [-0.05, 0) is 16.7 Å². The first kappa shape index (κ1) is 14.9. The molecule has 24 heavy (non-hydrogen) atoms. The Morgan fingerprint density at radius 1 is 0.667 bits per heavy atom. The second-order valence-electron chi connectivity index (χ2n) is 6.54. The van der Waals surface area contributed by atoms with Crippen molar-refractivity contribution < 1.29 is 0 Å². The third-order valence-electron chi connectivity index (χ3n) is 4.98. The Hall–Kier alpha value is -2.67. The minimum atomic E-state index is -0.0212. The van der Waals surface area contributed by atoms with Crippen molar-refractivity contribution >= 4 is 5.71 Å². The van der Waals surface area contributed by atoms with E-state index in [0.29, 0.717) is 0 Å². The van der Waals surface area contributed by atoms with Crippen molar-refractivity contribution in [2.24, 2.45) is 4.99 Å². The number of benzene rings is 3. The van der Waals surface area contributed by atoms with E-state index in [9.17, 15) is 0 Å². The minimum absolute atomic E-state index is 0.0212. The summed E-state index contributed by atoms with van der Waals surface area (Å²) in [7, 11) is 0. The van der Waals surface area contributed by atoms with Crippen molar-refractivity contribution in [2.75, 3.05) is 6.54 Å². The molecule has 1 nitrogen and oxygen atoms in total. The highest BCUT2D eigenvalue weighted by Crippen LogP contribution is 2.40. The van der Waals surface area contributed by atoms with Crippen LogP contribution in [0.15, 0.2) is 96.0 Å². The van der Waals surface area contributed by atoms with Crippen LogP contribution in [0.25, 0.3) is 0 Å². The molecule has 0 aliphatic carbocycles. The fourth-order valence-corrected chi connectivity index (χ4v) is 3.72. The lowest BCUT2D eigenvalue weighted by Gasteiger charge is -2.30. The van der Waals surface area contributed by atoms with Gasteiger partial charge in [-0.3, -0.25) is 4.99 Å². The smallest absolute Gasteiger partial charge is 0.0530 e. The molecule has 0 fully saturated rings. The molecule has 0 spiro atoms. The van der Waals surface area contributed by atoms with Gasteiger partial charge in [-0.2, -0.15) is 0 Å². The van der Waals surface area contributed by atoms with Gasteiger partial charge < -0.3 is 0 Å². The van der Waals surface area contributed by atoms with Crippen LogP contribution < -0.4 is 0 Å². The lowest BCUT2D eigenvalue weighted by molar-refractivity contribution is 0.581. The number of hydrogen-bond acceptors (Lipinski definition) is 1. The van der Waals surface area contributed by atoms with Gasteiger partial charge >= 0.3 is 0 Å². The molecule has 0 aromatic heterocycles. The monoisotopic (exact) mass is 311 g/mol. The number of rotatable bonds is 4. The Labute approximate surface area is 143 Å². The standard InChI is InChI=1S/C23H21N/c1-4-10-19(11-5-1)16-22-17-23(18-24-22,20-12-6-2-7-13-20)21-14-8-3-9-15-21/h1-15H,16-18H2. The van der Waals surface area contributed by atoms with Crippen LogP contribution >= 0.6 is 0 Å². The van der Waals surface area contributed by atoms with Crippen molar-refractivity contribution in [3.63, 3.8) is 0 Å². The van der Waals surface area contributed by atoms with Gasteiger partial charge in [0.15, 0.2) is 0 Å². The molecule has 0 saturated carbocycles. The molecule has 0 atom stereocenters. The van der Waals surface area contributed by atoms with Crippen LogP contribution in [-0.2, 0) is 11.8 Å². The number of nitrogens with zero attached hydrogens (tertiary/aromatic N) is 1. The van der Waals surface area contributed by atoms with Gasteiger partial charge in [-0.15, -0.1) is 0 Å². The lowest BCUT2D eigenvalue weighted by Crippen LogP contribution is -2.29. The van der Waals surface area contributed by atoms with E-state index in [1.165, 1.54) is 22.4 Å². The predicted molar refractivity (Wildman–Crippen MR) is 101 cm³/mol. The first-order chi connectivity index (χ1) is 11.9. The lowest BCUT2D eigenvalue weighted by atomic mass is 9.72. The van der Waals surface area contributed by atoms with Crippen LogP contribution in [-0.4, -0.2) is 12.3 Å². The van der Waals surface area contributed by atoms with Gasteiger partial charge in [0.25, 0.3) is 0 Å². The van der Waals surface area contributed by atoms with Crippen LogP contribution in [0.5, 0.6) is 0 Å². The van der Waals surface area contributed by atoms with E-state index in [1.54, 1.807) is 0 Å². The quantitative estimate of drug-likeness (QED) is 0.638. The van der Waals surface area contributed by atoms with Crippen LogP contribution in [0, 0.1) is 0 Å². The maximum absolute atomic E-state index is 4.95. The van der Waals surface area contributed by atoms with Gasteiger partial charge in [0.2, 0.25) is 0 Å². The molecule has 3 aromatic rings. The third-order valence-corrected chi connectivity index (χ3v) is 4.98. The highest BCUT2D eigenvalue weighted by molar-refractivity contribution is 5.90. The summed E-state index contributed by atoms with van der Waals surface area (Å²) in [5, 5.41) is 0. The first-order valence-electron chi connectivity index (χ1n) is 8.54. The fraction of sp³-hybridized carbons (Fsp3) is 0.174. The summed E-state index contributed by atoms with van der Waals surface area (Å²) in [5.74, 6) is 0. The maximum Gasteiger partial charge on any atom is 0.0530 e. The highest BCUT2D eigenvalue weighted by Gasteiger charge is 2.39. The summed E-state index contributed by atoms with van der Waals surface area (Å²) in [6.45, 7) is 0.837. The zero-order valence-electron chi connectivity index (χ0n) is 13.7. The Morgan fingerprint density at radius 3 is 1.71 bits per heavy atom. The van der Waals surface area contributed by atoms with Gasteiger partial charge in [0.1, 0.15) is 0 Å². The molecule has 0 unspecified atom stereocenters. The van der Waals surface area contributed by atoms with Gasteiger partial charge in [-0.1, -0.05) is 91.0 Å². The summed E-state index contributed by atoms with van der Waals surface area (Å²) < 4.78 is 0. The zero-order chi connectivity index (χ0) is 16.2. The summed E-state index contributed by atoms with van der Waals surface area (Å²) in [4.78, 5) is 4.95. The second-order valence-corrected chi connectivity index (χ2v) is 6.54. The topological polar surface area (TPSA) is 12.4 Å². The molecule has 0 N–H and O–H groups in total. The minimum Gasteiger partial charge on any atom is -0.292 e. The van der Waals surface area contributed by atoms with Gasteiger partial charge in [-0.25, -0.2) is 0 Å². The van der Waals surface area contributed by atoms with E-state index < -0.39 is 0 Å². The molecule has 0 bridgehead atoms. The summed E-state index contributed by atoms with van der Waals surface area (Å²) >= 11 is 0. The average molecular weight is 311 g/mol. The van der Waals surface area contributed by atoms with E-state index >= 15 is 0 Å². The summed E-state index contributed by atoms with van der Waals surface area (Å²) in [6, 6.07) is 32.3. The Kier molecular flexibility index (Phi) is 4.00. The first-order valence-corrected chi connectivity index (χ1v) is 8.54. The van der Waals surface area contributed by atoms with E-state index in [-0.39, 0.29) is 5.41 Å². The predicted octanol–water partition coefficient (Wildman–Crippen LogP) is 5.06. The van der Waals surface area contributed by atoms with Crippen molar-refractivity contribution in [1.29, 1.82) is 0 Å². The van der Waals surface area contributed by atoms with Crippen molar-refractivity contribution in [3.05, 3.63) is 108 Å².